The lowest BCUT2D eigenvalue weighted by Crippen LogP contribution is -2.04. The molecule has 3 nitrogen and oxygen atoms in total. The summed E-state index contributed by atoms with van der Waals surface area (Å²) in [6, 6.07) is 14.4. The number of benzene rings is 2. The monoisotopic (exact) mass is 418 g/mol. The van der Waals surface area contributed by atoms with Gasteiger partial charge in [0.25, 0.3) is 0 Å². The van der Waals surface area contributed by atoms with E-state index in [1.165, 1.54) is 22.9 Å². The van der Waals surface area contributed by atoms with Crippen molar-refractivity contribution in [1.82, 2.24) is 9.97 Å². The molecule has 0 aliphatic carbocycles. The van der Waals surface area contributed by atoms with Crippen LogP contribution in [0.3, 0.4) is 0 Å². The number of thioether (sulfide) groups is 1. The summed E-state index contributed by atoms with van der Waals surface area (Å²) in [4.78, 5) is 23.0. The van der Waals surface area contributed by atoms with Crippen LogP contribution >= 0.6 is 23.1 Å². The van der Waals surface area contributed by atoms with Crippen LogP contribution in [0.5, 0.6) is 0 Å². The number of carbonyl (C=O) groups is 1. The Morgan fingerprint density at radius 2 is 1.72 bits per heavy atom. The number of Topliss-reactive ketones (excluding diaryl/α,β-unsaturated/α-hetero) is 1. The molecule has 0 amide bonds. The number of aromatic nitrogens is 2. The molecule has 29 heavy (non-hydrogen) atoms. The summed E-state index contributed by atoms with van der Waals surface area (Å²) >= 11 is 3.13. The first kappa shape index (κ1) is 19.8. The maximum absolute atomic E-state index is 12.8. The molecule has 0 unspecified atom stereocenters. The van der Waals surface area contributed by atoms with E-state index in [1.54, 1.807) is 11.3 Å². The lowest BCUT2D eigenvalue weighted by molar-refractivity contribution is 0.102. The first-order chi connectivity index (χ1) is 13.9. The summed E-state index contributed by atoms with van der Waals surface area (Å²) in [5.74, 6) is 1.21. The highest BCUT2D eigenvalue weighted by Gasteiger charge is 2.16. The van der Waals surface area contributed by atoms with E-state index in [4.69, 9.17) is 0 Å². The highest BCUT2D eigenvalue weighted by atomic mass is 32.2. The number of ketones is 1. The molecule has 4 rings (SSSR count). The minimum atomic E-state index is 0.120. The Morgan fingerprint density at radius 1 is 0.966 bits per heavy atom. The van der Waals surface area contributed by atoms with Gasteiger partial charge in [0.1, 0.15) is 15.7 Å². The van der Waals surface area contributed by atoms with E-state index < -0.39 is 0 Å². The van der Waals surface area contributed by atoms with Gasteiger partial charge < -0.3 is 0 Å². The van der Waals surface area contributed by atoms with E-state index in [-0.39, 0.29) is 5.78 Å². The normalized spacial score (nSPS) is 11.2. The van der Waals surface area contributed by atoms with Crippen LogP contribution in [0.25, 0.3) is 21.3 Å². The summed E-state index contributed by atoms with van der Waals surface area (Å²) < 4.78 is 0. The first-order valence-corrected chi connectivity index (χ1v) is 11.3. The van der Waals surface area contributed by atoms with Crippen molar-refractivity contribution in [3.63, 3.8) is 0 Å². The van der Waals surface area contributed by atoms with Gasteiger partial charge in [0.15, 0.2) is 5.78 Å². The van der Waals surface area contributed by atoms with Crippen molar-refractivity contribution < 1.29 is 4.79 Å². The molecular weight excluding hydrogens is 396 g/mol. The standard InChI is InChI=1S/C24H22N2OS2/c1-14-5-8-18(9-6-14)20-12-28-23-22(20)24(26-17(4)25-23)29-13-21(27)19-10-7-15(2)16(3)11-19/h5-12H,13H2,1-4H3. The third-order valence-corrected chi connectivity index (χ3v) is 6.89. The molecule has 0 spiro atoms. The summed E-state index contributed by atoms with van der Waals surface area (Å²) in [5, 5.41) is 4.06. The fourth-order valence-electron chi connectivity index (χ4n) is 3.19. The zero-order valence-electron chi connectivity index (χ0n) is 16.9. The van der Waals surface area contributed by atoms with Crippen molar-refractivity contribution in [2.45, 2.75) is 32.7 Å². The van der Waals surface area contributed by atoms with E-state index in [2.05, 4.69) is 53.5 Å². The zero-order chi connectivity index (χ0) is 20.5. The van der Waals surface area contributed by atoms with Gasteiger partial charge in [-0.2, -0.15) is 0 Å². The van der Waals surface area contributed by atoms with Crippen molar-refractivity contribution in [1.29, 1.82) is 0 Å². The number of hydrogen-bond donors (Lipinski definition) is 0. The predicted molar refractivity (Wildman–Crippen MR) is 123 cm³/mol. The highest BCUT2D eigenvalue weighted by molar-refractivity contribution is 8.00. The largest absolute Gasteiger partial charge is 0.293 e. The Labute approximate surface area is 179 Å². The minimum absolute atomic E-state index is 0.120. The predicted octanol–water partition coefficient (Wildman–Crippen LogP) is 6.57. The second-order valence-electron chi connectivity index (χ2n) is 7.28. The maximum Gasteiger partial charge on any atom is 0.173 e. The number of thiophene rings is 1. The molecule has 0 radical (unpaired) electrons. The average molecular weight is 419 g/mol. The van der Waals surface area contributed by atoms with Crippen molar-refractivity contribution in [2.75, 3.05) is 5.75 Å². The summed E-state index contributed by atoms with van der Waals surface area (Å²) in [7, 11) is 0. The quantitative estimate of drug-likeness (QED) is 0.209. The van der Waals surface area contributed by atoms with Gasteiger partial charge in [0.2, 0.25) is 0 Å². The molecule has 4 aromatic rings. The fraction of sp³-hybridized carbons (Fsp3) is 0.208. The van der Waals surface area contributed by atoms with Crippen LogP contribution < -0.4 is 0 Å². The second kappa shape index (κ2) is 8.09. The van der Waals surface area contributed by atoms with Crippen molar-refractivity contribution in [3.8, 4) is 11.1 Å². The summed E-state index contributed by atoms with van der Waals surface area (Å²) in [6.07, 6.45) is 0. The van der Waals surface area contributed by atoms with Gasteiger partial charge in [-0.15, -0.1) is 11.3 Å². The molecule has 0 N–H and O–H groups in total. The van der Waals surface area contributed by atoms with Gasteiger partial charge in [-0.3, -0.25) is 4.79 Å². The van der Waals surface area contributed by atoms with Gasteiger partial charge in [-0.25, -0.2) is 9.97 Å². The van der Waals surface area contributed by atoms with Crippen LogP contribution in [0.1, 0.15) is 32.9 Å². The minimum Gasteiger partial charge on any atom is -0.293 e. The number of aryl methyl sites for hydroxylation is 4. The molecule has 0 atom stereocenters. The molecular formula is C24H22N2OS2. The second-order valence-corrected chi connectivity index (χ2v) is 9.10. The van der Waals surface area contributed by atoms with Crippen molar-refractivity contribution in [2.24, 2.45) is 0 Å². The Balaban J connectivity index is 1.67. The Hall–Kier alpha value is -2.50. The maximum atomic E-state index is 12.8. The zero-order valence-corrected chi connectivity index (χ0v) is 18.6. The molecule has 0 fully saturated rings. The molecule has 2 aromatic carbocycles. The van der Waals surface area contributed by atoms with Crippen LogP contribution in [0, 0.1) is 27.7 Å². The molecule has 0 saturated carbocycles. The molecule has 0 bridgehead atoms. The fourth-order valence-corrected chi connectivity index (χ4v) is 5.23. The molecule has 146 valence electrons. The molecule has 0 aliphatic rings. The topological polar surface area (TPSA) is 42.9 Å². The number of rotatable bonds is 5. The van der Waals surface area contributed by atoms with Crippen LogP contribution in [-0.2, 0) is 0 Å². The van der Waals surface area contributed by atoms with Gasteiger partial charge in [-0.05, 0) is 50.5 Å². The van der Waals surface area contributed by atoms with Gasteiger partial charge in [0.05, 0.1) is 11.1 Å². The lowest BCUT2D eigenvalue weighted by atomic mass is 10.0. The molecule has 5 heteroatoms. The summed E-state index contributed by atoms with van der Waals surface area (Å²) in [6.45, 7) is 8.08. The number of nitrogens with zero attached hydrogens (tertiary/aromatic N) is 2. The number of fused-ring (bicyclic) bond motifs is 1. The van der Waals surface area contributed by atoms with E-state index >= 15 is 0 Å². The first-order valence-electron chi connectivity index (χ1n) is 9.48. The lowest BCUT2D eigenvalue weighted by Gasteiger charge is -2.08. The van der Waals surface area contributed by atoms with E-state index in [0.29, 0.717) is 5.75 Å². The third-order valence-electron chi connectivity index (χ3n) is 5.04. The van der Waals surface area contributed by atoms with E-state index in [9.17, 15) is 4.79 Å². The van der Waals surface area contributed by atoms with Crippen molar-refractivity contribution >= 4 is 39.1 Å². The van der Waals surface area contributed by atoms with E-state index in [1.807, 2.05) is 32.0 Å². The van der Waals surface area contributed by atoms with Gasteiger partial charge in [0, 0.05) is 16.5 Å². The number of hydrogen-bond acceptors (Lipinski definition) is 5. The Kier molecular flexibility index (Phi) is 5.52. The third kappa shape index (κ3) is 4.11. The number of carbonyl (C=O) groups excluding carboxylic acids is 1. The highest BCUT2D eigenvalue weighted by Crippen LogP contribution is 2.38. The average Bonchev–Trinajstić information content (AvgIpc) is 3.12. The molecule has 0 aliphatic heterocycles. The van der Waals surface area contributed by atoms with Crippen LogP contribution in [-0.4, -0.2) is 21.5 Å². The van der Waals surface area contributed by atoms with Crippen LogP contribution in [0.2, 0.25) is 0 Å². The van der Waals surface area contributed by atoms with E-state index in [0.717, 1.165) is 43.3 Å². The van der Waals surface area contributed by atoms with Crippen LogP contribution in [0.4, 0.5) is 0 Å². The Bertz CT molecular complexity index is 1210. The Morgan fingerprint density at radius 3 is 2.45 bits per heavy atom. The van der Waals surface area contributed by atoms with Crippen LogP contribution in [0.15, 0.2) is 52.9 Å². The molecule has 0 saturated heterocycles. The molecule has 2 heterocycles. The smallest absolute Gasteiger partial charge is 0.173 e. The molecule has 2 aromatic heterocycles. The van der Waals surface area contributed by atoms with Crippen molar-refractivity contribution in [3.05, 3.63) is 75.9 Å². The van der Waals surface area contributed by atoms with Gasteiger partial charge in [-0.1, -0.05) is 53.7 Å². The van der Waals surface area contributed by atoms with Gasteiger partial charge >= 0.3 is 0 Å². The SMILES string of the molecule is Cc1ccc(-c2csc3nc(C)nc(SCC(=O)c4ccc(C)c(C)c4)c23)cc1. The summed E-state index contributed by atoms with van der Waals surface area (Å²) in [5.41, 5.74) is 6.60.